The summed E-state index contributed by atoms with van der Waals surface area (Å²) in [6, 6.07) is 7.96. The van der Waals surface area contributed by atoms with Crippen LogP contribution in [0.15, 0.2) is 47.6 Å². The molecule has 2 aromatic rings. The summed E-state index contributed by atoms with van der Waals surface area (Å²) in [5.74, 6) is 0.513. The molecule has 1 aliphatic heterocycles. The van der Waals surface area contributed by atoms with E-state index in [2.05, 4.69) is 4.98 Å². The molecule has 1 aromatic carbocycles. The first kappa shape index (κ1) is 17.5. The highest BCUT2D eigenvalue weighted by Crippen LogP contribution is 2.28. The molecule has 0 saturated carbocycles. The van der Waals surface area contributed by atoms with Gasteiger partial charge >= 0.3 is 0 Å². The van der Waals surface area contributed by atoms with Gasteiger partial charge in [0.25, 0.3) is 0 Å². The topological polar surface area (TPSA) is 59.5 Å². The van der Waals surface area contributed by atoms with E-state index in [1.807, 2.05) is 0 Å². The lowest BCUT2D eigenvalue weighted by Gasteiger charge is -2.32. The molecule has 5 nitrogen and oxygen atoms in total. The minimum Gasteiger partial charge on any atom is -0.487 e. The van der Waals surface area contributed by atoms with Gasteiger partial charge in [-0.05, 0) is 31.0 Å². The van der Waals surface area contributed by atoms with Crippen LogP contribution in [0.4, 0.5) is 0 Å². The molecule has 8 heteroatoms. The number of pyridine rings is 1. The number of hydrogen-bond acceptors (Lipinski definition) is 4. The van der Waals surface area contributed by atoms with Gasteiger partial charge in [-0.3, -0.25) is 4.98 Å². The third-order valence-corrected chi connectivity index (χ3v) is 6.18. The maximum atomic E-state index is 12.8. The normalized spacial score (nSPS) is 19.2. The SMILES string of the molecule is O=S(=O)(c1cccc(Cl)c1)N1CCCC(Oc2ccncc2Cl)C1. The Morgan fingerprint density at radius 1 is 1.25 bits per heavy atom. The van der Waals surface area contributed by atoms with Crippen molar-refractivity contribution in [3.63, 3.8) is 0 Å². The van der Waals surface area contributed by atoms with Crippen molar-refractivity contribution < 1.29 is 13.2 Å². The molecule has 1 aromatic heterocycles. The van der Waals surface area contributed by atoms with Crippen molar-refractivity contribution in [1.82, 2.24) is 9.29 Å². The Labute approximate surface area is 151 Å². The second-order valence-electron chi connectivity index (χ2n) is 5.51. The fourth-order valence-electron chi connectivity index (χ4n) is 2.63. The van der Waals surface area contributed by atoms with Crippen LogP contribution in [0.25, 0.3) is 0 Å². The van der Waals surface area contributed by atoms with Crippen LogP contribution in [0.2, 0.25) is 10.0 Å². The number of piperidine rings is 1. The molecule has 1 fully saturated rings. The molecule has 0 amide bonds. The molecule has 0 spiro atoms. The third-order valence-electron chi connectivity index (χ3n) is 3.80. The molecule has 0 bridgehead atoms. The van der Waals surface area contributed by atoms with E-state index in [1.165, 1.54) is 16.6 Å². The number of ether oxygens (including phenoxy) is 1. The van der Waals surface area contributed by atoms with Gasteiger partial charge in [-0.2, -0.15) is 4.31 Å². The van der Waals surface area contributed by atoms with E-state index in [0.717, 1.165) is 6.42 Å². The Morgan fingerprint density at radius 3 is 2.83 bits per heavy atom. The van der Waals surface area contributed by atoms with E-state index < -0.39 is 10.0 Å². The zero-order valence-electron chi connectivity index (χ0n) is 12.7. The zero-order chi connectivity index (χ0) is 17.2. The molecule has 1 saturated heterocycles. The van der Waals surface area contributed by atoms with Crippen molar-refractivity contribution in [2.75, 3.05) is 13.1 Å². The van der Waals surface area contributed by atoms with Gasteiger partial charge in [-0.1, -0.05) is 29.3 Å². The lowest BCUT2D eigenvalue weighted by Crippen LogP contribution is -2.44. The number of aromatic nitrogens is 1. The standard InChI is InChI=1S/C16H16Cl2N2O3S/c17-12-3-1-5-14(9-12)24(21,22)20-8-2-4-13(11-20)23-16-6-7-19-10-15(16)18/h1,3,5-7,9-10,13H,2,4,8,11H2. The van der Waals surface area contributed by atoms with E-state index in [1.54, 1.807) is 30.5 Å². The summed E-state index contributed by atoms with van der Waals surface area (Å²) >= 11 is 12.0. The van der Waals surface area contributed by atoms with Crippen LogP contribution >= 0.6 is 23.2 Å². The Kier molecular flexibility index (Phi) is 5.30. The molecule has 0 N–H and O–H groups in total. The van der Waals surface area contributed by atoms with Gasteiger partial charge in [0, 0.05) is 30.0 Å². The predicted octanol–water partition coefficient (Wildman–Crippen LogP) is 3.62. The molecule has 2 heterocycles. The number of benzene rings is 1. The van der Waals surface area contributed by atoms with E-state index in [0.29, 0.717) is 28.8 Å². The summed E-state index contributed by atoms with van der Waals surface area (Å²) in [6.45, 7) is 0.728. The maximum absolute atomic E-state index is 12.8. The Bertz CT molecular complexity index is 830. The first-order valence-electron chi connectivity index (χ1n) is 7.49. The predicted molar refractivity (Wildman–Crippen MR) is 93.1 cm³/mol. The fraction of sp³-hybridized carbons (Fsp3) is 0.312. The van der Waals surface area contributed by atoms with Crippen molar-refractivity contribution in [2.24, 2.45) is 0 Å². The molecule has 24 heavy (non-hydrogen) atoms. The average Bonchev–Trinajstić information content (AvgIpc) is 2.57. The van der Waals surface area contributed by atoms with Gasteiger partial charge in [-0.25, -0.2) is 8.42 Å². The van der Waals surface area contributed by atoms with Crippen LogP contribution in [0.1, 0.15) is 12.8 Å². The fourth-order valence-corrected chi connectivity index (χ4v) is 4.61. The molecular weight excluding hydrogens is 371 g/mol. The monoisotopic (exact) mass is 386 g/mol. The molecule has 0 aliphatic carbocycles. The molecule has 128 valence electrons. The maximum Gasteiger partial charge on any atom is 0.243 e. The van der Waals surface area contributed by atoms with Gasteiger partial charge in [0.05, 0.1) is 11.4 Å². The van der Waals surface area contributed by atoms with Gasteiger partial charge in [0.15, 0.2) is 0 Å². The summed E-state index contributed by atoms with van der Waals surface area (Å²) < 4.78 is 32.9. The lowest BCUT2D eigenvalue weighted by molar-refractivity contribution is 0.130. The highest BCUT2D eigenvalue weighted by atomic mass is 35.5. The van der Waals surface area contributed by atoms with Crippen LogP contribution in [-0.2, 0) is 10.0 Å². The van der Waals surface area contributed by atoms with Crippen LogP contribution in [0, 0.1) is 0 Å². The van der Waals surface area contributed by atoms with Crippen molar-refractivity contribution >= 4 is 33.2 Å². The summed E-state index contributed by atoms with van der Waals surface area (Å²) in [5, 5.41) is 0.803. The number of nitrogens with zero attached hydrogens (tertiary/aromatic N) is 2. The third kappa shape index (κ3) is 3.83. The first-order chi connectivity index (χ1) is 11.5. The molecule has 1 atom stereocenters. The number of hydrogen-bond donors (Lipinski definition) is 0. The minimum absolute atomic E-state index is 0.192. The van der Waals surface area contributed by atoms with Crippen LogP contribution in [0.3, 0.4) is 0 Å². The van der Waals surface area contributed by atoms with Gasteiger partial charge in [0.1, 0.15) is 16.9 Å². The largest absolute Gasteiger partial charge is 0.487 e. The summed E-state index contributed by atoms with van der Waals surface area (Å²) in [6.07, 6.45) is 4.31. The highest BCUT2D eigenvalue weighted by molar-refractivity contribution is 7.89. The average molecular weight is 387 g/mol. The van der Waals surface area contributed by atoms with Crippen LogP contribution < -0.4 is 4.74 Å². The first-order valence-corrected chi connectivity index (χ1v) is 9.68. The number of rotatable bonds is 4. The van der Waals surface area contributed by atoms with E-state index >= 15 is 0 Å². The van der Waals surface area contributed by atoms with Crippen molar-refractivity contribution in [2.45, 2.75) is 23.8 Å². The quantitative estimate of drug-likeness (QED) is 0.804. The van der Waals surface area contributed by atoms with Gasteiger partial charge in [0.2, 0.25) is 10.0 Å². The molecular formula is C16H16Cl2N2O3S. The van der Waals surface area contributed by atoms with Crippen molar-refractivity contribution in [3.8, 4) is 5.75 Å². The van der Waals surface area contributed by atoms with Gasteiger partial charge in [-0.15, -0.1) is 0 Å². The molecule has 1 aliphatic rings. The zero-order valence-corrected chi connectivity index (χ0v) is 15.1. The molecule has 3 rings (SSSR count). The second-order valence-corrected chi connectivity index (χ2v) is 8.29. The number of sulfonamides is 1. The van der Waals surface area contributed by atoms with Crippen molar-refractivity contribution in [3.05, 3.63) is 52.8 Å². The van der Waals surface area contributed by atoms with Crippen molar-refractivity contribution in [1.29, 1.82) is 0 Å². The summed E-state index contributed by atoms with van der Waals surface area (Å²) in [4.78, 5) is 4.10. The van der Waals surface area contributed by atoms with E-state index in [-0.39, 0.29) is 17.5 Å². The van der Waals surface area contributed by atoms with Gasteiger partial charge < -0.3 is 4.74 Å². The summed E-state index contributed by atoms with van der Waals surface area (Å²) in [5.41, 5.74) is 0. The Balaban J connectivity index is 1.77. The smallest absolute Gasteiger partial charge is 0.243 e. The second kappa shape index (κ2) is 7.27. The minimum atomic E-state index is -3.60. The van der Waals surface area contributed by atoms with E-state index in [4.69, 9.17) is 27.9 Å². The van der Waals surface area contributed by atoms with E-state index in [9.17, 15) is 8.42 Å². The van der Waals surface area contributed by atoms with Crippen LogP contribution in [-0.4, -0.2) is 36.9 Å². The highest BCUT2D eigenvalue weighted by Gasteiger charge is 2.31. The summed E-state index contributed by atoms with van der Waals surface area (Å²) in [7, 11) is -3.60. The molecule has 1 unspecified atom stereocenters. The Hall–Kier alpha value is -1.34. The number of halogens is 2. The van der Waals surface area contributed by atoms with Crippen LogP contribution in [0.5, 0.6) is 5.75 Å². The Morgan fingerprint density at radius 2 is 2.08 bits per heavy atom. The molecule has 0 radical (unpaired) electrons. The lowest BCUT2D eigenvalue weighted by atomic mass is 10.1.